The maximum atomic E-state index is 12.2. The van der Waals surface area contributed by atoms with Gasteiger partial charge < -0.3 is 10.2 Å². The van der Waals surface area contributed by atoms with Crippen LogP contribution in [0.5, 0.6) is 0 Å². The molecule has 2 saturated heterocycles. The van der Waals surface area contributed by atoms with Crippen LogP contribution in [0.1, 0.15) is 39.0 Å². The van der Waals surface area contributed by atoms with Gasteiger partial charge in [-0.3, -0.25) is 0 Å². The van der Waals surface area contributed by atoms with Crippen LogP contribution in [0.25, 0.3) is 0 Å². The second kappa shape index (κ2) is 6.28. The third kappa shape index (κ3) is 3.83. The predicted octanol–water partition coefficient (Wildman–Crippen LogP) is 0.238. The Morgan fingerprint density at radius 3 is 2.35 bits per heavy atom. The van der Waals surface area contributed by atoms with E-state index in [9.17, 15) is 13.2 Å². The highest BCUT2D eigenvalue weighted by Crippen LogP contribution is 2.18. The molecular formula is C12H24N4O3S. The Bertz CT molecular complexity index is 446. The second-order valence-electron chi connectivity index (χ2n) is 5.71. The van der Waals surface area contributed by atoms with Crippen LogP contribution in [-0.2, 0) is 10.2 Å². The molecule has 116 valence electrons. The van der Waals surface area contributed by atoms with E-state index in [1.54, 1.807) is 0 Å². The molecule has 0 aliphatic carbocycles. The quantitative estimate of drug-likeness (QED) is 0.765. The van der Waals surface area contributed by atoms with E-state index in [0.29, 0.717) is 25.9 Å². The lowest BCUT2D eigenvalue weighted by Crippen LogP contribution is -2.53. The van der Waals surface area contributed by atoms with Crippen LogP contribution in [0.3, 0.4) is 0 Å². The third-order valence-electron chi connectivity index (χ3n) is 4.21. The molecule has 3 N–H and O–H groups in total. The summed E-state index contributed by atoms with van der Waals surface area (Å²) < 4.78 is 23.7. The number of nitrogens with one attached hydrogen (secondary N) is 1. The summed E-state index contributed by atoms with van der Waals surface area (Å²) >= 11 is 0. The summed E-state index contributed by atoms with van der Waals surface area (Å²) in [4.78, 5) is 14.1. The number of hydrogen-bond acceptors (Lipinski definition) is 3. The van der Waals surface area contributed by atoms with Crippen molar-refractivity contribution in [2.45, 2.75) is 51.1 Å². The van der Waals surface area contributed by atoms with Crippen molar-refractivity contribution >= 4 is 16.2 Å². The lowest BCUT2D eigenvalue weighted by Gasteiger charge is -2.36. The molecule has 2 aliphatic rings. The van der Waals surface area contributed by atoms with Crippen molar-refractivity contribution in [1.29, 1.82) is 0 Å². The number of urea groups is 1. The fourth-order valence-corrected chi connectivity index (χ4v) is 3.63. The van der Waals surface area contributed by atoms with Crippen molar-refractivity contribution in [2.24, 2.45) is 5.14 Å². The molecule has 0 aromatic carbocycles. The molecule has 0 radical (unpaired) electrons. The highest BCUT2D eigenvalue weighted by molar-refractivity contribution is 7.86. The van der Waals surface area contributed by atoms with Gasteiger partial charge in [0, 0.05) is 31.7 Å². The van der Waals surface area contributed by atoms with Crippen LogP contribution < -0.4 is 10.5 Å². The van der Waals surface area contributed by atoms with E-state index in [1.165, 1.54) is 10.7 Å². The van der Waals surface area contributed by atoms with Crippen molar-refractivity contribution in [1.82, 2.24) is 14.5 Å². The predicted molar refractivity (Wildman–Crippen MR) is 76.3 cm³/mol. The van der Waals surface area contributed by atoms with Gasteiger partial charge in [0.05, 0.1) is 0 Å². The standard InChI is InChI=1S/C12H24N4O3S/c1-10-4-2-3-7-16(10)12(17)14-11-5-8-15(9-6-11)20(13,18)19/h10-11H,2-9H2,1H3,(H,14,17)(H2,13,18,19). The van der Waals surface area contributed by atoms with Crippen molar-refractivity contribution in [2.75, 3.05) is 19.6 Å². The summed E-state index contributed by atoms with van der Waals surface area (Å²) in [5.41, 5.74) is 0. The zero-order valence-corrected chi connectivity index (χ0v) is 12.7. The maximum Gasteiger partial charge on any atom is 0.317 e. The average Bonchev–Trinajstić information content (AvgIpc) is 2.38. The molecule has 1 atom stereocenters. The van der Waals surface area contributed by atoms with E-state index in [4.69, 9.17) is 5.14 Å². The Balaban J connectivity index is 1.82. The molecule has 0 saturated carbocycles. The first-order chi connectivity index (χ1) is 9.38. The number of amides is 2. The summed E-state index contributed by atoms with van der Waals surface area (Å²) in [5, 5.41) is 8.11. The van der Waals surface area contributed by atoms with Gasteiger partial charge >= 0.3 is 6.03 Å². The molecule has 0 spiro atoms. The normalized spacial score (nSPS) is 26.5. The number of piperidine rings is 2. The van der Waals surface area contributed by atoms with Gasteiger partial charge in [0.2, 0.25) is 0 Å². The first kappa shape index (κ1) is 15.5. The molecule has 2 rings (SSSR count). The van der Waals surface area contributed by atoms with Crippen LogP contribution in [-0.4, -0.2) is 55.4 Å². The SMILES string of the molecule is CC1CCCCN1C(=O)NC1CCN(S(N)(=O)=O)CC1. The minimum Gasteiger partial charge on any atom is -0.335 e. The van der Waals surface area contributed by atoms with Gasteiger partial charge in [0.15, 0.2) is 0 Å². The lowest BCUT2D eigenvalue weighted by molar-refractivity contribution is 0.151. The number of nitrogens with two attached hydrogens (primary N) is 1. The number of nitrogens with zero attached hydrogens (tertiary/aromatic N) is 2. The first-order valence-electron chi connectivity index (χ1n) is 7.23. The van der Waals surface area contributed by atoms with Crippen molar-refractivity contribution in [3.05, 3.63) is 0 Å². The minimum atomic E-state index is -3.60. The van der Waals surface area contributed by atoms with Gasteiger partial charge in [-0.2, -0.15) is 12.7 Å². The number of carbonyl (C=O) groups excluding carboxylic acids is 1. The Morgan fingerprint density at radius 2 is 1.80 bits per heavy atom. The van der Waals surface area contributed by atoms with Crippen molar-refractivity contribution in [3.63, 3.8) is 0 Å². The van der Waals surface area contributed by atoms with Gasteiger partial charge in [-0.05, 0) is 39.0 Å². The fourth-order valence-electron chi connectivity index (χ4n) is 2.91. The molecule has 2 amide bonds. The average molecular weight is 304 g/mol. The minimum absolute atomic E-state index is 0.0220. The zero-order chi connectivity index (χ0) is 14.8. The third-order valence-corrected chi connectivity index (χ3v) is 5.29. The van der Waals surface area contributed by atoms with E-state index in [0.717, 1.165) is 19.4 Å². The topological polar surface area (TPSA) is 95.7 Å². The molecule has 7 nitrogen and oxygen atoms in total. The second-order valence-corrected chi connectivity index (χ2v) is 7.25. The Hall–Kier alpha value is -0.860. The summed E-state index contributed by atoms with van der Waals surface area (Å²) in [6, 6.07) is 0.300. The molecule has 20 heavy (non-hydrogen) atoms. The zero-order valence-electron chi connectivity index (χ0n) is 11.9. The highest BCUT2D eigenvalue weighted by Gasteiger charge is 2.29. The van der Waals surface area contributed by atoms with E-state index < -0.39 is 10.2 Å². The Kier molecular flexibility index (Phi) is 4.87. The largest absolute Gasteiger partial charge is 0.335 e. The van der Waals surface area contributed by atoms with Crippen LogP contribution in [0.4, 0.5) is 4.79 Å². The van der Waals surface area contributed by atoms with Crippen LogP contribution >= 0.6 is 0 Å². The van der Waals surface area contributed by atoms with E-state index in [2.05, 4.69) is 12.2 Å². The number of likely N-dealkylation sites (tertiary alicyclic amines) is 1. The van der Waals surface area contributed by atoms with Crippen LogP contribution in [0.2, 0.25) is 0 Å². The molecule has 1 unspecified atom stereocenters. The summed E-state index contributed by atoms with van der Waals surface area (Å²) in [6.45, 7) is 3.63. The van der Waals surface area contributed by atoms with Gasteiger partial charge in [-0.25, -0.2) is 9.93 Å². The first-order valence-corrected chi connectivity index (χ1v) is 8.73. The van der Waals surface area contributed by atoms with Gasteiger partial charge in [0.1, 0.15) is 0 Å². The van der Waals surface area contributed by atoms with Crippen molar-refractivity contribution < 1.29 is 13.2 Å². The van der Waals surface area contributed by atoms with E-state index in [1.807, 2.05) is 4.90 Å². The Morgan fingerprint density at radius 1 is 1.15 bits per heavy atom. The van der Waals surface area contributed by atoms with Crippen molar-refractivity contribution in [3.8, 4) is 0 Å². The summed E-state index contributed by atoms with van der Waals surface area (Å²) in [7, 11) is -3.60. The fraction of sp³-hybridized carbons (Fsp3) is 0.917. The summed E-state index contributed by atoms with van der Waals surface area (Å²) in [6.07, 6.45) is 4.52. The molecule has 0 aromatic rings. The Labute approximate surface area is 120 Å². The molecule has 0 bridgehead atoms. The smallest absolute Gasteiger partial charge is 0.317 e. The van der Waals surface area contributed by atoms with Crippen LogP contribution in [0, 0.1) is 0 Å². The molecule has 0 aromatic heterocycles. The van der Waals surface area contributed by atoms with Crippen LogP contribution in [0.15, 0.2) is 0 Å². The lowest BCUT2D eigenvalue weighted by atomic mass is 10.0. The highest BCUT2D eigenvalue weighted by atomic mass is 32.2. The molecule has 2 heterocycles. The van der Waals surface area contributed by atoms with E-state index in [-0.39, 0.29) is 18.1 Å². The number of carbonyl (C=O) groups is 1. The summed E-state index contributed by atoms with van der Waals surface area (Å²) in [5.74, 6) is 0. The van der Waals surface area contributed by atoms with Gasteiger partial charge in [0.25, 0.3) is 10.2 Å². The molecular weight excluding hydrogens is 280 g/mol. The maximum absolute atomic E-state index is 12.2. The van der Waals surface area contributed by atoms with Gasteiger partial charge in [-0.15, -0.1) is 0 Å². The molecule has 2 fully saturated rings. The number of hydrogen-bond donors (Lipinski definition) is 2. The molecule has 2 aliphatic heterocycles. The van der Waals surface area contributed by atoms with Gasteiger partial charge in [-0.1, -0.05) is 0 Å². The van der Waals surface area contributed by atoms with E-state index >= 15 is 0 Å². The molecule has 8 heteroatoms. The monoisotopic (exact) mass is 304 g/mol. The number of rotatable bonds is 2.